The first-order valence-corrected chi connectivity index (χ1v) is 7.38. The number of ether oxygens (including phenoxy) is 1. The van der Waals surface area contributed by atoms with Crippen LogP contribution in [0.4, 0.5) is 5.69 Å². The minimum atomic E-state index is 0.596. The number of tetrazole rings is 1. The Hall–Kier alpha value is -2.11. The van der Waals surface area contributed by atoms with Gasteiger partial charge in [-0.1, -0.05) is 19.4 Å². The van der Waals surface area contributed by atoms with E-state index in [0.29, 0.717) is 17.4 Å². The maximum Gasteiger partial charge on any atom is 0.185 e. The van der Waals surface area contributed by atoms with E-state index in [2.05, 4.69) is 22.4 Å². The molecule has 6 heteroatoms. The second-order valence-electron chi connectivity index (χ2n) is 5.90. The summed E-state index contributed by atoms with van der Waals surface area (Å²) in [7, 11) is 1.61. The van der Waals surface area contributed by atoms with Crippen molar-refractivity contribution >= 4 is 5.69 Å². The zero-order valence-electron chi connectivity index (χ0n) is 12.5. The number of anilines is 1. The zero-order valence-corrected chi connectivity index (χ0v) is 12.5. The van der Waals surface area contributed by atoms with Crippen molar-refractivity contribution in [3.05, 3.63) is 18.2 Å². The van der Waals surface area contributed by atoms with E-state index in [1.165, 1.54) is 19.3 Å². The Morgan fingerprint density at radius 2 is 2.24 bits per heavy atom. The third kappa shape index (κ3) is 2.70. The second kappa shape index (κ2) is 5.71. The first kappa shape index (κ1) is 13.9. The molecule has 1 aromatic carbocycles. The summed E-state index contributed by atoms with van der Waals surface area (Å²) in [5, 5.41) is 12.1. The Bertz CT molecular complexity index is 624. The van der Waals surface area contributed by atoms with Crippen LogP contribution in [0.25, 0.3) is 11.4 Å². The highest BCUT2D eigenvalue weighted by Crippen LogP contribution is 2.35. The first-order valence-electron chi connectivity index (χ1n) is 7.38. The highest BCUT2D eigenvalue weighted by Gasteiger charge is 2.24. The van der Waals surface area contributed by atoms with Crippen molar-refractivity contribution in [2.24, 2.45) is 11.8 Å². The summed E-state index contributed by atoms with van der Waals surface area (Å²) in [6.07, 6.45) is 3.78. The molecule has 0 bridgehead atoms. The molecule has 6 nitrogen and oxygen atoms in total. The fourth-order valence-corrected chi connectivity index (χ4v) is 3.21. The maximum absolute atomic E-state index is 5.97. The highest BCUT2D eigenvalue weighted by atomic mass is 16.5. The van der Waals surface area contributed by atoms with E-state index in [1.807, 2.05) is 22.9 Å². The number of aromatic nitrogens is 4. The lowest BCUT2D eigenvalue weighted by atomic mass is 10.1. The predicted octanol–water partition coefficient (Wildman–Crippen LogP) is 2.37. The molecule has 2 aromatic rings. The molecule has 0 spiro atoms. The number of benzene rings is 1. The largest absolute Gasteiger partial charge is 0.494 e. The average Bonchev–Trinajstić information content (AvgIpc) is 3.08. The van der Waals surface area contributed by atoms with Gasteiger partial charge in [-0.2, -0.15) is 0 Å². The van der Waals surface area contributed by atoms with Crippen LogP contribution in [0.3, 0.4) is 0 Å². The van der Waals surface area contributed by atoms with E-state index in [1.54, 1.807) is 7.11 Å². The number of para-hydroxylation sites is 1. The van der Waals surface area contributed by atoms with E-state index in [4.69, 9.17) is 10.5 Å². The molecule has 1 fully saturated rings. The van der Waals surface area contributed by atoms with Crippen LogP contribution in [0.2, 0.25) is 0 Å². The average molecular weight is 287 g/mol. The zero-order chi connectivity index (χ0) is 14.8. The van der Waals surface area contributed by atoms with Gasteiger partial charge in [-0.15, -0.1) is 5.10 Å². The Morgan fingerprint density at radius 1 is 1.38 bits per heavy atom. The van der Waals surface area contributed by atoms with Gasteiger partial charge in [-0.05, 0) is 47.2 Å². The highest BCUT2D eigenvalue weighted by molar-refractivity contribution is 5.73. The standard InChI is InChI=1S/C15H21N5O/c1-10-6-7-11(8-10)9-20-15(17-18-19-20)12-4-3-5-13(16)14(12)21-2/h3-5,10-11H,6-9,16H2,1-2H3. The van der Waals surface area contributed by atoms with Gasteiger partial charge in [0, 0.05) is 6.54 Å². The van der Waals surface area contributed by atoms with E-state index in [0.717, 1.165) is 23.9 Å². The molecular formula is C15H21N5O. The minimum Gasteiger partial charge on any atom is -0.494 e. The van der Waals surface area contributed by atoms with Gasteiger partial charge in [0.05, 0.1) is 18.4 Å². The molecule has 112 valence electrons. The van der Waals surface area contributed by atoms with Crippen LogP contribution < -0.4 is 10.5 Å². The molecule has 2 N–H and O–H groups in total. The fraction of sp³-hybridized carbons (Fsp3) is 0.533. The van der Waals surface area contributed by atoms with Crippen LogP contribution in [0, 0.1) is 11.8 Å². The summed E-state index contributed by atoms with van der Waals surface area (Å²) in [6, 6.07) is 5.65. The summed E-state index contributed by atoms with van der Waals surface area (Å²) in [5.41, 5.74) is 7.40. The SMILES string of the molecule is COc1c(N)cccc1-c1nnnn1CC1CCC(C)C1. The Balaban J connectivity index is 1.90. The molecule has 1 aromatic heterocycles. The number of nitrogens with zero attached hydrogens (tertiary/aromatic N) is 4. The summed E-state index contributed by atoms with van der Waals surface area (Å²) in [5.74, 6) is 2.80. The molecule has 0 saturated heterocycles. The lowest BCUT2D eigenvalue weighted by Gasteiger charge is -2.13. The van der Waals surface area contributed by atoms with Crippen molar-refractivity contribution in [1.82, 2.24) is 20.2 Å². The van der Waals surface area contributed by atoms with Gasteiger partial charge < -0.3 is 10.5 Å². The van der Waals surface area contributed by atoms with Crippen LogP contribution in [0.5, 0.6) is 5.75 Å². The molecule has 1 heterocycles. The van der Waals surface area contributed by atoms with Crippen molar-refractivity contribution in [2.45, 2.75) is 32.7 Å². The van der Waals surface area contributed by atoms with E-state index in [-0.39, 0.29) is 0 Å². The lowest BCUT2D eigenvalue weighted by Crippen LogP contribution is -2.11. The maximum atomic E-state index is 5.97. The molecule has 1 aliphatic carbocycles. The Labute approximate surface area is 124 Å². The molecule has 21 heavy (non-hydrogen) atoms. The van der Waals surface area contributed by atoms with Gasteiger partial charge >= 0.3 is 0 Å². The van der Waals surface area contributed by atoms with Crippen LogP contribution in [0.1, 0.15) is 26.2 Å². The molecule has 3 rings (SSSR count). The second-order valence-corrected chi connectivity index (χ2v) is 5.90. The normalized spacial score (nSPS) is 21.6. The third-order valence-electron chi connectivity index (χ3n) is 4.26. The topological polar surface area (TPSA) is 78.8 Å². The predicted molar refractivity (Wildman–Crippen MR) is 80.7 cm³/mol. The molecule has 0 radical (unpaired) electrons. The first-order chi connectivity index (χ1) is 10.2. The van der Waals surface area contributed by atoms with Crippen molar-refractivity contribution in [3.8, 4) is 17.1 Å². The minimum absolute atomic E-state index is 0.596. The van der Waals surface area contributed by atoms with Crippen LogP contribution in [-0.4, -0.2) is 27.3 Å². The summed E-state index contributed by atoms with van der Waals surface area (Å²) < 4.78 is 7.28. The smallest absolute Gasteiger partial charge is 0.185 e. The number of nitrogens with two attached hydrogens (primary N) is 1. The molecular weight excluding hydrogens is 266 g/mol. The van der Waals surface area contributed by atoms with Crippen LogP contribution in [0.15, 0.2) is 18.2 Å². The molecule has 0 amide bonds. The van der Waals surface area contributed by atoms with E-state index in [9.17, 15) is 0 Å². The number of hydrogen-bond donors (Lipinski definition) is 1. The van der Waals surface area contributed by atoms with Gasteiger partial charge in [0.15, 0.2) is 11.6 Å². The van der Waals surface area contributed by atoms with Crippen molar-refractivity contribution in [3.63, 3.8) is 0 Å². The van der Waals surface area contributed by atoms with Crippen molar-refractivity contribution in [2.75, 3.05) is 12.8 Å². The van der Waals surface area contributed by atoms with Gasteiger partial charge in [0.1, 0.15) is 0 Å². The molecule has 0 aliphatic heterocycles. The van der Waals surface area contributed by atoms with Crippen molar-refractivity contribution in [1.29, 1.82) is 0 Å². The number of hydrogen-bond acceptors (Lipinski definition) is 5. The van der Waals surface area contributed by atoms with Gasteiger partial charge in [-0.3, -0.25) is 0 Å². The van der Waals surface area contributed by atoms with E-state index >= 15 is 0 Å². The number of rotatable bonds is 4. The molecule has 2 unspecified atom stereocenters. The molecule has 1 aliphatic rings. The van der Waals surface area contributed by atoms with Gasteiger partial charge in [0.2, 0.25) is 0 Å². The Kier molecular flexibility index (Phi) is 3.77. The third-order valence-corrected chi connectivity index (χ3v) is 4.26. The van der Waals surface area contributed by atoms with Gasteiger partial charge in [0.25, 0.3) is 0 Å². The lowest BCUT2D eigenvalue weighted by molar-refractivity contribution is 0.407. The number of nitrogen functional groups attached to an aromatic ring is 1. The summed E-state index contributed by atoms with van der Waals surface area (Å²) in [6.45, 7) is 3.16. The summed E-state index contributed by atoms with van der Waals surface area (Å²) in [4.78, 5) is 0. The molecule has 2 atom stereocenters. The van der Waals surface area contributed by atoms with Crippen LogP contribution >= 0.6 is 0 Å². The monoisotopic (exact) mass is 287 g/mol. The number of methoxy groups -OCH3 is 1. The summed E-state index contributed by atoms with van der Waals surface area (Å²) >= 11 is 0. The van der Waals surface area contributed by atoms with E-state index < -0.39 is 0 Å². The Morgan fingerprint density at radius 3 is 2.95 bits per heavy atom. The van der Waals surface area contributed by atoms with Crippen molar-refractivity contribution < 1.29 is 4.74 Å². The molecule has 1 saturated carbocycles. The fourth-order valence-electron chi connectivity index (χ4n) is 3.21. The quantitative estimate of drug-likeness (QED) is 0.873. The van der Waals surface area contributed by atoms with Gasteiger partial charge in [-0.25, -0.2) is 4.68 Å². The van der Waals surface area contributed by atoms with Crippen LogP contribution in [-0.2, 0) is 6.54 Å².